The second kappa shape index (κ2) is 6.64. The average molecular weight is 363 g/mol. The summed E-state index contributed by atoms with van der Waals surface area (Å²) in [5.41, 5.74) is 0. The Morgan fingerprint density at radius 2 is 1.59 bits per heavy atom. The van der Waals surface area contributed by atoms with E-state index in [1.54, 1.807) is 6.07 Å². The fourth-order valence-electron chi connectivity index (χ4n) is 1.69. The summed E-state index contributed by atoms with van der Waals surface area (Å²) in [4.78, 5) is -0.166. The second-order valence-corrected chi connectivity index (χ2v) is 6.49. The Kier molecular flexibility index (Phi) is 5.05. The molecule has 5 nitrogen and oxygen atoms in total. The lowest BCUT2D eigenvalue weighted by Gasteiger charge is -2.12. The monoisotopic (exact) mass is 362 g/mol. The van der Waals surface area contributed by atoms with Crippen molar-refractivity contribution >= 4 is 33.3 Å². The van der Waals surface area contributed by atoms with E-state index in [0.29, 0.717) is 10.8 Å². The predicted octanol–water partition coefficient (Wildman–Crippen LogP) is 3.78. The van der Waals surface area contributed by atoms with Crippen LogP contribution in [0.5, 0.6) is 17.2 Å². The topological polar surface area (TPSA) is 61.8 Å². The summed E-state index contributed by atoms with van der Waals surface area (Å²) in [5.74, 6) is 0.451. The van der Waals surface area contributed by atoms with Crippen LogP contribution in [0.1, 0.15) is 0 Å². The molecule has 0 aliphatic heterocycles. The Morgan fingerprint density at radius 3 is 2.18 bits per heavy atom. The van der Waals surface area contributed by atoms with Crippen LogP contribution in [0.15, 0.2) is 41.3 Å². The van der Waals surface area contributed by atoms with Gasteiger partial charge in [0.15, 0.2) is 10.6 Å². The number of ether oxygens (including phenoxy) is 2. The summed E-state index contributed by atoms with van der Waals surface area (Å²) in [6.45, 7) is 0. The lowest BCUT2D eigenvalue weighted by Crippen LogP contribution is -2.11. The highest BCUT2D eigenvalue weighted by Gasteiger charge is 2.24. The van der Waals surface area contributed by atoms with Crippen molar-refractivity contribution in [2.45, 2.75) is 4.90 Å². The molecule has 2 aromatic carbocycles. The van der Waals surface area contributed by atoms with Crippen molar-refractivity contribution in [1.29, 1.82) is 0 Å². The van der Waals surface area contributed by atoms with Gasteiger partial charge < -0.3 is 13.7 Å². The normalized spacial score (nSPS) is 11.1. The molecule has 22 heavy (non-hydrogen) atoms. The lowest BCUT2D eigenvalue weighted by atomic mass is 10.3. The van der Waals surface area contributed by atoms with Crippen LogP contribution in [0, 0.1) is 0 Å². The smallest absolute Gasteiger partial charge is 0.343 e. The van der Waals surface area contributed by atoms with E-state index in [9.17, 15) is 8.42 Å². The van der Waals surface area contributed by atoms with Crippen molar-refractivity contribution in [3.8, 4) is 17.2 Å². The molecular weight excluding hydrogens is 351 g/mol. The molecule has 0 saturated heterocycles. The van der Waals surface area contributed by atoms with Gasteiger partial charge in [0.25, 0.3) is 0 Å². The molecule has 0 bridgehead atoms. The summed E-state index contributed by atoms with van der Waals surface area (Å²) >= 11 is 11.7. The molecule has 0 aromatic heterocycles. The van der Waals surface area contributed by atoms with Crippen LogP contribution in [0.4, 0.5) is 0 Å². The Hall–Kier alpha value is -1.63. The first kappa shape index (κ1) is 16.7. The Balaban J connectivity index is 2.46. The van der Waals surface area contributed by atoms with Crippen molar-refractivity contribution < 1.29 is 22.1 Å². The molecule has 0 N–H and O–H groups in total. The highest BCUT2D eigenvalue weighted by atomic mass is 35.5. The minimum Gasteiger partial charge on any atom is -0.497 e. The van der Waals surface area contributed by atoms with Crippen molar-refractivity contribution in [2.24, 2.45) is 0 Å². The maximum atomic E-state index is 12.4. The SMILES string of the molecule is COc1ccc(OC)c(S(=O)(=O)Oc2ccc(Cl)cc2Cl)c1. The molecule has 2 aromatic rings. The lowest BCUT2D eigenvalue weighted by molar-refractivity contribution is 0.388. The van der Waals surface area contributed by atoms with Crippen molar-refractivity contribution in [3.05, 3.63) is 46.4 Å². The Morgan fingerprint density at radius 1 is 0.909 bits per heavy atom. The largest absolute Gasteiger partial charge is 0.497 e. The van der Waals surface area contributed by atoms with Gasteiger partial charge in [-0.25, -0.2) is 0 Å². The van der Waals surface area contributed by atoms with Gasteiger partial charge in [0.05, 0.1) is 19.2 Å². The predicted molar refractivity (Wildman–Crippen MR) is 83.8 cm³/mol. The zero-order chi connectivity index (χ0) is 16.3. The highest BCUT2D eigenvalue weighted by Crippen LogP contribution is 2.33. The minimum atomic E-state index is -4.16. The Bertz CT molecular complexity index is 790. The molecule has 0 radical (unpaired) electrons. The molecular formula is C14H12Cl2O5S. The van der Waals surface area contributed by atoms with E-state index in [2.05, 4.69) is 0 Å². The molecule has 8 heteroatoms. The quantitative estimate of drug-likeness (QED) is 0.757. The third-order valence-electron chi connectivity index (χ3n) is 2.73. The number of hydrogen-bond acceptors (Lipinski definition) is 5. The molecule has 118 valence electrons. The zero-order valence-corrected chi connectivity index (χ0v) is 14.0. The fourth-order valence-corrected chi connectivity index (χ4v) is 3.31. The molecule has 0 heterocycles. The maximum Gasteiger partial charge on any atom is 0.343 e. The summed E-state index contributed by atoms with van der Waals surface area (Å²) in [6, 6.07) is 8.58. The fraction of sp³-hybridized carbons (Fsp3) is 0.143. The van der Waals surface area contributed by atoms with Gasteiger partial charge in [0.1, 0.15) is 11.5 Å². The van der Waals surface area contributed by atoms with Crippen molar-refractivity contribution in [2.75, 3.05) is 14.2 Å². The molecule has 0 spiro atoms. The first-order valence-corrected chi connectivity index (χ1v) is 8.15. The van der Waals surface area contributed by atoms with Gasteiger partial charge in [-0.1, -0.05) is 23.2 Å². The van der Waals surface area contributed by atoms with Crippen molar-refractivity contribution in [3.63, 3.8) is 0 Å². The Labute approximate surface area is 138 Å². The van der Waals surface area contributed by atoms with E-state index >= 15 is 0 Å². The van der Waals surface area contributed by atoms with E-state index in [0.717, 1.165) is 0 Å². The number of rotatable bonds is 5. The van der Waals surface area contributed by atoms with Crippen LogP contribution in [0.3, 0.4) is 0 Å². The van der Waals surface area contributed by atoms with E-state index in [-0.39, 0.29) is 21.4 Å². The number of hydrogen-bond donors (Lipinski definition) is 0. The number of benzene rings is 2. The second-order valence-electron chi connectivity index (χ2n) is 4.13. The van der Waals surface area contributed by atoms with Crippen LogP contribution in [-0.4, -0.2) is 22.6 Å². The van der Waals surface area contributed by atoms with Crippen LogP contribution < -0.4 is 13.7 Å². The van der Waals surface area contributed by atoms with E-state index in [4.69, 9.17) is 36.9 Å². The third kappa shape index (κ3) is 3.58. The summed E-state index contributed by atoms with van der Waals surface area (Å²) < 4.78 is 40.0. The van der Waals surface area contributed by atoms with Crippen LogP contribution >= 0.6 is 23.2 Å². The third-order valence-corrected chi connectivity index (χ3v) is 4.52. The van der Waals surface area contributed by atoms with E-state index in [1.807, 2.05) is 0 Å². The first-order valence-electron chi connectivity index (χ1n) is 5.99. The van der Waals surface area contributed by atoms with Crippen LogP contribution in [-0.2, 0) is 10.1 Å². The highest BCUT2D eigenvalue weighted by molar-refractivity contribution is 7.87. The van der Waals surface area contributed by atoms with Gasteiger partial charge in [0, 0.05) is 11.1 Å². The van der Waals surface area contributed by atoms with Gasteiger partial charge in [-0.15, -0.1) is 0 Å². The van der Waals surface area contributed by atoms with Crippen LogP contribution in [0.25, 0.3) is 0 Å². The van der Waals surface area contributed by atoms with Gasteiger partial charge in [-0.2, -0.15) is 8.42 Å². The average Bonchev–Trinajstić information content (AvgIpc) is 2.49. The molecule has 0 aliphatic rings. The maximum absolute atomic E-state index is 12.4. The van der Waals surface area contributed by atoms with E-state index < -0.39 is 10.1 Å². The number of methoxy groups -OCH3 is 2. The van der Waals surface area contributed by atoms with E-state index in [1.165, 1.54) is 44.6 Å². The summed E-state index contributed by atoms with van der Waals surface area (Å²) in [5, 5.41) is 0.451. The molecule has 0 amide bonds. The molecule has 0 aliphatic carbocycles. The molecule has 0 fully saturated rings. The van der Waals surface area contributed by atoms with Gasteiger partial charge in [-0.3, -0.25) is 0 Å². The molecule has 0 saturated carbocycles. The first-order chi connectivity index (χ1) is 10.4. The molecule has 0 unspecified atom stereocenters. The summed E-state index contributed by atoms with van der Waals surface area (Å²) in [6.07, 6.45) is 0. The van der Waals surface area contributed by atoms with Crippen molar-refractivity contribution in [1.82, 2.24) is 0 Å². The zero-order valence-electron chi connectivity index (χ0n) is 11.7. The summed E-state index contributed by atoms with van der Waals surface area (Å²) in [7, 11) is -1.37. The standard InChI is InChI=1S/C14H12Cl2O5S/c1-19-10-4-6-13(20-2)14(8-10)22(17,18)21-12-5-3-9(15)7-11(12)16/h3-8H,1-2H3. The number of halogens is 2. The minimum absolute atomic E-state index is 0.0315. The van der Waals surface area contributed by atoms with Crippen LogP contribution in [0.2, 0.25) is 10.0 Å². The molecule has 0 atom stereocenters. The molecule has 2 rings (SSSR count). The van der Waals surface area contributed by atoms with Gasteiger partial charge in [0.2, 0.25) is 0 Å². The van der Waals surface area contributed by atoms with Gasteiger partial charge in [-0.05, 0) is 30.3 Å². The van der Waals surface area contributed by atoms with Gasteiger partial charge >= 0.3 is 10.1 Å².